The Bertz CT molecular complexity index is 726. The number of allylic oxidation sites excluding steroid dienone is 2. The molecule has 0 bridgehead atoms. The van der Waals surface area contributed by atoms with Crippen molar-refractivity contribution in [3.8, 4) is 0 Å². The van der Waals surface area contributed by atoms with Crippen LogP contribution in [0.3, 0.4) is 0 Å². The highest BCUT2D eigenvalue weighted by Crippen LogP contribution is 2.43. The van der Waals surface area contributed by atoms with E-state index < -0.39 is 32.0 Å². The third-order valence-corrected chi connectivity index (χ3v) is 8.91. The Morgan fingerprint density at radius 1 is 0.750 bits per heavy atom. The van der Waals surface area contributed by atoms with Gasteiger partial charge in [-0.15, -0.1) is 0 Å². The highest BCUT2D eigenvalue weighted by molar-refractivity contribution is 7.47. The lowest BCUT2D eigenvalue weighted by Gasteiger charge is -2.25. The summed E-state index contributed by atoms with van der Waals surface area (Å²) in [5.41, 5.74) is 5.33. The Kier molecular flexibility index (Phi) is 30.3. The first-order valence-electron chi connectivity index (χ1n) is 17.9. The number of unbranched alkanes of at least 4 members (excludes halogenated alkanes) is 17. The third kappa shape index (κ3) is 28.7. The van der Waals surface area contributed by atoms with Gasteiger partial charge in [-0.25, -0.2) is 4.57 Å². The summed E-state index contributed by atoms with van der Waals surface area (Å²) in [5.74, 6) is -0.423. The molecule has 0 aliphatic rings. The lowest BCUT2D eigenvalue weighted by Crippen LogP contribution is -2.47. The van der Waals surface area contributed by atoms with E-state index in [-0.39, 0.29) is 26.2 Å². The molecule has 0 rings (SSSR count). The van der Waals surface area contributed by atoms with Crippen molar-refractivity contribution in [2.24, 2.45) is 5.73 Å². The summed E-state index contributed by atoms with van der Waals surface area (Å²) in [6.07, 6.45) is 27.0. The van der Waals surface area contributed by atoms with Gasteiger partial charge >= 0.3 is 7.82 Å². The molecule has 0 aromatic rings. The molecule has 0 saturated heterocycles. The summed E-state index contributed by atoms with van der Waals surface area (Å²) in [6.45, 7) is 3.96. The maximum absolute atomic E-state index is 12.7. The van der Waals surface area contributed by atoms with Crippen LogP contribution in [0.15, 0.2) is 12.2 Å². The van der Waals surface area contributed by atoms with Gasteiger partial charge in [0.05, 0.1) is 37.9 Å². The average molecular weight is 649 g/mol. The van der Waals surface area contributed by atoms with Crippen LogP contribution in [0.2, 0.25) is 0 Å². The second-order valence-electron chi connectivity index (χ2n) is 12.3. The van der Waals surface area contributed by atoms with Crippen molar-refractivity contribution in [1.82, 2.24) is 5.32 Å². The topological polar surface area (TPSA) is 151 Å². The zero-order valence-corrected chi connectivity index (χ0v) is 29.2. The molecule has 0 aliphatic carbocycles. The number of aliphatic hydroxyl groups is 2. The lowest BCUT2D eigenvalue weighted by molar-refractivity contribution is -0.125. The number of aliphatic hydroxyl groups excluding tert-OH is 2. The molecule has 0 fully saturated rings. The Labute approximate surface area is 269 Å². The van der Waals surface area contributed by atoms with Gasteiger partial charge in [0.2, 0.25) is 5.91 Å². The Hall–Kier alpha value is -0.800. The summed E-state index contributed by atoms with van der Waals surface area (Å²) in [4.78, 5) is 22.5. The molecule has 0 aromatic heterocycles. The quantitative estimate of drug-likeness (QED) is 0.0274. The molecule has 0 aliphatic heterocycles. The summed E-state index contributed by atoms with van der Waals surface area (Å²) in [6, 6.07) is -0.892. The van der Waals surface area contributed by atoms with Gasteiger partial charge in [-0.2, -0.15) is 0 Å². The number of carbonyl (C=O) groups excluding carboxylic acids is 1. The molecular formula is C34H69N2O7P. The highest BCUT2D eigenvalue weighted by Gasteiger charge is 2.28. The van der Waals surface area contributed by atoms with Crippen LogP contribution in [-0.2, 0) is 18.4 Å². The molecule has 262 valence electrons. The Morgan fingerprint density at radius 2 is 1.23 bits per heavy atom. The molecule has 0 aromatic carbocycles. The van der Waals surface area contributed by atoms with Crippen LogP contribution in [0.5, 0.6) is 0 Å². The number of hydrogen-bond donors (Lipinski definition) is 5. The summed E-state index contributed by atoms with van der Waals surface area (Å²) >= 11 is 0. The van der Waals surface area contributed by atoms with Gasteiger partial charge in [-0.1, -0.05) is 129 Å². The van der Waals surface area contributed by atoms with Crippen LogP contribution in [0.1, 0.15) is 162 Å². The van der Waals surface area contributed by atoms with Crippen LogP contribution in [0.25, 0.3) is 0 Å². The number of phosphoric acid groups is 1. The van der Waals surface area contributed by atoms with E-state index in [9.17, 15) is 24.5 Å². The van der Waals surface area contributed by atoms with E-state index in [1.807, 2.05) is 0 Å². The zero-order valence-electron chi connectivity index (χ0n) is 28.3. The molecule has 4 atom stereocenters. The average Bonchev–Trinajstić information content (AvgIpc) is 2.99. The smallest absolute Gasteiger partial charge is 0.393 e. The number of phosphoric ester groups is 1. The second-order valence-corrected chi connectivity index (χ2v) is 13.7. The van der Waals surface area contributed by atoms with Gasteiger partial charge in [-0.3, -0.25) is 13.8 Å². The van der Waals surface area contributed by atoms with Crippen LogP contribution in [0, 0.1) is 0 Å². The van der Waals surface area contributed by atoms with Crippen molar-refractivity contribution in [3.05, 3.63) is 12.2 Å². The molecule has 6 N–H and O–H groups in total. The van der Waals surface area contributed by atoms with Gasteiger partial charge in [-0.05, 0) is 38.5 Å². The molecule has 0 heterocycles. The predicted molar refractivity (Wildman–Crippen MR) is 181 cm³/mol. The summed E-state index contributed by atoms with van der Waals surface area (Å²) in [5, 5.41) is 23.9. The number of carbonyl (C=O) groups is 1. The standard InChI is InChI=1S/C34H69N2O7P/c1-3-5-7-9-11-12-13-14-15-16-17-18-20-21-23-25-31(37)29-34(39)36-32(30-43-44(40,41)42-28-27-35)33(38)26-24-22-19-10-8-6-4-2/h14-15,31-33,37-38H,3-13,16-30,35H2,1-2H3,(H,36,39)(H,40,41)/b15-14-. The molecule has 0 spiro atoms. The molecule has 9 nitrogen and oxygen atoms in total. The van der Waals surface area contributed by atoms with Crippen LogP contribution >= 0.6 is 7.82 Å². The van der Waals surface area contributed by atoms with E-state index >= 15 is 0 Å². The summed E-state index contributed by atoms with van der Waals surface area (Å²) < 4.78 is 21.9. The van der Waals surface area contributed by atoms with E-state index in [1.54, 1.807) is 0 Å². The first-order chi connectivity index (χ1) is 21.3. The fourth-order valence-corrected chi connectivity index (χ4v) is 5.93. The predicted octanol–water partition coefficient (Wildman–Crippen LogP) is 7.85. The van der Waals surface area contributed by atoms with E-state index in [0.29, 0.717) is 12.8 Å². The number of rotatable bonds is 33. The Morgan fingerprint density at radius 3 is 1.75 bits per heavy atom. The van der Waals surface area contributed by atoms with Gasteiger partial charge in [0.1, 0.15) is 0 Å². The molecule has 44 heavy (non-hydrogen) atoms. The maximum atomic E-state index is 12.7. The van der Waals surface area contributed by atoms with Crippen LogP contribution < -0.4 is 11.1 Å². The monoisotopic (exact) mass is 648 g/mol. The van der Waals surface area contributed by atoms with Gasteiger partial charge < -0.3 is 26.2 Å². The van der Waals surface area contributed by atoms with Crippen molar-refractivity contribution in [3.63, 3.8) is 0 Å². The van der Waals surface area contributed by atoms with Crippen molar-refractivity contribution < 1.29 is 33.5 Å². The second kappa shape index (κ2) is 30.8. The van der Waals surface area contributed by atoms with Crippen LogP contribution in [-0.4, -0.2) is 59.0 Å². The molecule has 0 saturated carbocycles. The van der Waals surface area contributed by atoms with Gasteiger partial charge in [0.25, 0.3) is 0 Å². The normalized spacial score (nSPS) is 15.3. The number of amides is 1. The minimum atomic E-state index is -4.36. The van der Waals surface area contributed by atoms with Gasteiger partial charge in [0.15, 0.2) is 0 Å². The molecule has 10 heteroatoms. The summed E-state index contributed by atoms with van der Waals surface area (Å²) in [7, 11) is -4.36. The molecule has 0 radical (unpaired) electrons. The van der Waals surface area contributed by atoms with Crippen molar-refractivity contribution >= 4 is 13.7 Å². The number of nitrogens with one attached hydrogen (secondary N) is 1. The van der Waals surface area contributed by atoms with Crippen molar-refractivity contribution in [2.45, 2.75) is 180 Å². The molecule has 4 unspecified atom stereocenters. The van der Waals surface area contributed by atoms with E-state index in [0.717, 1.165) is 51.4 Å². The third-order valence-electron chi connectivity index (χ3n) is 7.92. The minimum Gasteiger partial charge on any atom is -0.393 e. The Balaban J connectivity index is 4.30. The van der Waals surface area contributed by atoms with E-state index in [1.165, 1.54) is 77.0 Å². The lowest BCUT2D eigenvalue weighted by atomic mass is 10.0. The zero-order chi connectivity index (χ0) is 32.7. The van der Waals surface area contributed by atoms with Crippen molar-refractivity contribution in [1.29, 1.82) is 0 Å². The van der Waals surface area contributed by atoms with E-state index in [4.69, 9.17) is 14.8 Å². The fraction of sp³-hybridized carbons (Fsp3) is 0.912. The van der Waals surface area contributed by atoms with Crippen LogP contribution in [0.4, 0.5) is 0 Å². The number of nitrogens with two attached hydrogens (primary N) is 1. The molecule has 1 amide bonds. The fourth-order valence-electron chi connectivity index (χ4n) is 5.17. The first kappa shape index (κ1) is 43.2. The SMILES string of the molecule is CCCCCCCC/C=C\CCCCCCCC(O)CC(=O)NC(COP(=O)(O)OCCN)C(O)CCCCCCCCC. The molecular weight excluding hydrogens is 579 g/mol. The van der Waals surface area contributed by atoms with Crippen molar-refractivity contribution in [2.75, 3.05) is 19.8 Å². The highest BCUT2D eigenvalue weighted by atomic mass is 31.2. The number of hydrogen-bond acceptors (Lipinski definition) is 7. The minimum absolute atomic E-state index is 0.0591. The largest absolute Gasteiger partial charge is 0.472 e. The van der Waals surface area contributed by atoms with E-state index in [2.05, 4.69) is 31.3 Å². The maximum Gasteiger partial charge on any atom is 0.472 e. The first-order valence-corrected chi connectivity index (χ1v) is 19.4. The van der Waals surface area contributed by atoms with Gasteiger partial charge in [0, 0.05) is 6.54 Å².